The number of benzene rings is 4. The summed E-state index contributed by atoms with van der Waals surface area (Å²) in [6.07, 6.45) is -4.16. The van der Waals surface area contributed by atoms with Crippen LogP contribution in [0.4, 0.5) is 0 Å². The van der Waals surface area contributed by atoms with Gasteiger partial charge in [0.15, 0.2) is 6.29 Å². The van der Waals surface area contributed by atoms with Gasteiger partial charge in [0.25, 0.3) is 0 Å². The van der Waals surface area contributed by atoms with Gasteiger partial charge in [-0.2, -0.15) is 0 Å². The molecule has 6 heteroatoms. The van der Waals surface area contributed by atoms with Crippen LogP contribution in [-0.2, 0) is 50.1 Å². The quantitative estimate of drug-likeness (QED) is 0.217. The molecule has 1 aliphatic heterocycles. The summed E-state index contributed by atoms with van der Waals surface area (Å²) in [5.41, 5.74) is 4.08. The Morgan fingerprint density at radius 1 is 0.512 bits per heavy atom. The maximum atomic E-state index is 10.9. The number of aliphatic hydroxyl groups is 1. The lowest BCUT2D eigenvalue weighted by molar-refractivity contribution is -0.335. The first-order valence-corrected chi connectivity index (χ1v) is 14.1. The van der Waals surface area contributed by atoms with Crippen molar-refractivity contribution < 1.29 is 28.8 Å². The standard InChI is InChI=1S/C35H38O6/c1-26(36)31-32(37-22-27-14-6-2-7-15-27)33(38-23-28-16-8-3-9-17-28)34(39-24-29-18-10-4-11-19-29)35(41-31)40-25-30-20-12-5-13-21-30/h2-21,26,31-36H,22-25H2,1H3. The number of hydrogen-bond donors (Lipinski definition) is 1. The number of aliphatic hydroxyl groups excluding tert-OH is 1. The second-order valence-electron chi connectivity index (χ2n) is 10.3. The molecule has 0 aliphatic carbocycles. The molecule has 6 nitrogen and oxygen atoms in total. The summed E-state index contributed by atoms with van der Waals surface area (Å²) in [5.74, 6) is 0. The first-order chi connectivity index (χ1) is 20.2. The molecule has 0 spiro atoms. The molecule has 0 radical (unpaired) electrons. The van der Waals surface area contributed by atoms with Crippen LogP contribution >= 0.6 is 0 Å². The predicted molar refractivity (Wildman–Crippen MR) is 157 cm³/mol. The molecule has 4 aromatic carbocycles. The highest BCUT2D eigenvalue weighted by Crippen LogP contribution is 2.33. The van der Waals surface area contributed by atoms with E-state index in [0.29, 0.717) is 26.4 Å². The lowest BCUT2D eigenvalue weighted by atomic mass is 9.94. The van der Waals surface area contributed by atoms with Crippen molar-refractivity contribution >= 4 is 0 Å². The number of hydrogen-bond acceptors (Lipinski definition) is 6. The molecular weight excluding hydrogens is 516 g/mol. The molecule has 1 N–H and O–H groups in total. The smallest absolute Gasteiger partial charge is 0.187 e. The van der Waals surface area contributed by atoms with Gasteiger partial charge in [-0.15, -0.1) is 0 Å². The van der Waals surface area contributed by atoms with E-state index >= 15 is 0 Å². The zero-order valence-electron chi connectivity index (χ0n) is 23.3. The molecule has 1 heterocycles. The van der Waals surface area contributed by atoms with Gasteiger partial charge < -0.3 is 28.8 Å². The Morgan fingerprint density at radius 2 is 0.854 bits per heavy atom. The minimum absolute atomic E-state index is 0.324. The molecule has 0 amide bonds. The highest BCUT2D eigenvalue weighted by atomic mass is 16.7. The zero-order valence-corrected chi connectivity index (χ0v) is 23.3. The van der Waals surface area contributed by atoms with E-state index in [1.165, 1.54) is 0 Å². The molecular formula is C35H38O6. The lowest BCUT2D eigenvalue weighted by Crippen LogP contribution is -2.63. The van der Waals surface area contributed by atoms with Crippen molar-refractivity contribution in [2.45, 2.75) is 70.2 Å². The molecule has 41 heavy (non-hydrogen) atoms. The predicted octanol–water partition coefficient (Wildman–Crippen LogP) is 6.07. The first-order valence-electron chi connectivity index (χ1n) is 14.1. The Bertz CT molecular complexity index is 1270. The van der Waals surface area contributed by atoms with Gasteiger partial charge in [0.1, 0.15) is 24.4 Å². The Hall–Kier alpha value is -3.36. The van der Waals surface area contributed by atoms with Gasteiger partial charge >= 0.3 is 0 Å². The van der Waals surface area contributed by atoms with E-state index in [1.54, 1.807) is 6.92 Å². The van der Waals surface area contributed by atoms with E-state index in [1.807, 2.05) is 121 Å². The van der Waals surface area contributed by atoms with Crippen molar-refractivity contribution in [3.05, 3.63) is 144 Å². The fraction of sp³-hybridized carbons (Fsp3) is 0.314. The second kappa shape index (κ2) is 15.0. The van der Waals surface area contributed by atoms with E-state index in [4.69, 9.17) is 23.7 Å². The molecule has 1 fully saturated rings. The van der Waals surface area contributed by atoms with Gasteiger partial charge in [-0.1, -0.05) is 121 Å². The first kappa shape index (κ1) is 29.1. The third kappa shape index (κ3) is 8.33. The molecule has 1 saturated heterocycles. The Labute approximate surface area is 242 Å². The molecule has 0 saturated carbocycles. The van der Waals surface area contributed by atoms with Crippen LogP contribution in [0.2, 0.25) is 0 Å². The molecule has 5 rings (SSSR count). The maximum absolute atomic E-state index is 10.9. The van der Waals surface area contributed by atoms with E-state index in [0.717, 1.165) is 22.3 Å². The Balaban J connectivity index is 1.44. The van der Waals surface area contributed by atoms with E-state index in [9.17, 15) is 5.11 Å². The third-order valence-corrected chi connectivity index (χ3v) is 7.12. The van der Waals surface area contributed by atoms with Crippen LogP contribution in [0.25, 0.3) is 0 Å². The topological polar surface area (TPSA) is 66.4 Å². The minimum atomic E-state index is -0.837. The highest BCUT2D eigenvalue weighted by Gasteiger charge is 2.50. The Morgan fingerprint density at radius 3 is 1.24 bits per heavy atom. The van der Waals surface area contributed by atoms with Crippen LogP contribution in [0, 0.1) is 0 Å². The second-order valence-corrected chi connectivity index (χ2v) is 10.3. The SMILES string of the molecule is CC(O)C1OC(OCc2ccccc2)C(OCc2ccccc2)C(OCc2ccccc2)C1OCc1ccccc1. The van der Waals surface area contributed by atoms with Gasteiger partial charge in [0, 0.05) is 0 Å². The summed E-state index contributed by atoms with van der Waals surface area (Å²) >= 11 is 0. The van der Waals surface area contributed by atoms with Gasteiger partial charge in [0.05, 0.1) is 32.5 Å². The molecule has 0 aromatic heterocycles. The summed E-state index contributed by atoms with van der Waals surface area (Å²) < 4.78 is 32.5. The van der Waals surface area contributed by atoms with E-state index in [-0.39, 0.29) is 0 Å². The molecule has 1 aliphatic rings. The summed E-state index contributed by atoms with van der Waals surface area (Å²) in [6, 6.07) is 39.9. The third-order valence-electron chi connectivity index (χ3n) is 7.12. The van der Waals surface area contributed by atoms with Crippen LogP contribution in [0.1, 0.15) is 29.2 Å². The van der Waals surface area contributed by atoms with Gasteiger partial charge in [0.2, 0.25) is 0 Å². The summed E-state index contributed by atoms with van der Waals surface area (Å²) in [5, 5.41) is 10.9. The molecule has 4 aromatic rings. The van der Waals surface area contributed by atoms with E-state index in [2.05, 4.69) is 0 Å². The Kier molecular flexibility index (Phi) is 10.7. The normalized spacial score (nSPS) is 23.2. The van der Waals surface area contributed by atoms with Crippen molar-refractivity contribution in [2.75, 3.05) is 0 Å². The largest absolute Gasteiger partial charge is 0.391 e. The molecule has 6 unspecified atom stereocenters. The number of rotatable bonds is 13. The summed E-state index contributed by atoms with van der Waals surface area (Å²) in [7, 11) is 0. The van der Waals surface area contributed by atoms with Crippen molar-refractivity contribution in [1.29, 1.82) is 0 Å². The zero-order chi connectivity index (χ0) is 28.3. The van der Waals surface area contributed by atoms with Crippen molar-refractivity contribution in [3.8, 4) is 0 Å². The van der Waals surface area contributed by atoms with Crippen LogP contribution in [-0.4, -0.2) is 41.9 Å². The molecule has 214 valence electrons. The lowest BCUT2D eigenvalue weighted by Gasteiger charge is -2.46. The molecule has 6 atom stereocenters. The summed E-state index contributed by atoms with van der Waals surface area (Å²) in [6.45, 7) is 3.06. The average Bonchev–Trinajstić information content (AvgIpc) is 3.03. The van der Waals surface area contributed by atoms with Gasteiger partial charge in [-0.3, -0.25) is 0 Å². The summed E-state index contributed by atoms with van der Waals surface area (Å²) in [4.78, 5) is 0. The van der Waals surface area contributed by atoms with Gasteiger partial charge in [-0.25, -0.2) is 0 Å². The van der Waals surface area contributed by atoms with Crippen molar-refractivity contribution in [1.82, 2.24) is 0 Å². The van der Waals surface area contributed by atoms with E-state index < -0.39 is 36.8 Å². The minimum Gasteiger partial charge on any atom is -0.391 e. The monoisotopic (exact) mass is 554 g/mol. The number of ether oxygens (including phenoxy) is 5. The van der Waals surface area contributed by atoms with Crippen LogP contribution < -0.4 is 0 Å². The maximum Gasteiger partial charge on any atom is 0.187 e. The van der Waals surface area contributed by atoms with Crippen molar-refractivity contribution in [2.24, 2.45) is 0 Å². The van der Waals surface area contributed by atoms with Crippen LogP contribution in [0.3, 0.4) is 0 Å². The fourth-order valence-corrected chi connectivity index (χ4v) is 4.97. The van der Waals surface area contributed by atoms with Crippen LogP contribution in [0.15, 0.2) is 121 Å². The van der Waals surface area contributed by atoms with Gasteiger partial charge in [-0.05, 0) is 29.2 Å². The highest BCUT2D eigenvalue weighted by molar-refractivity contribution is 5.16. The van der Waals surface area contributed by atoms with Crippen molar-refractivity contribution in [3.63, 3.8) is 0 Å². The average molecular weight is 555 g/mol. The fourth-order valence-electron chi connectivity index (χ4n) is 4.97. The molecule has 0 bridgehead atoms. The van der Waals surface area contributed by atoms with Crippen LogP contribution in [0.5, 0.6) is 0 Å².